The molecular formula is C15H13F3O3S. The van der Waals surface area contributed by atoms with E-state index in [-0.39, 0.29) is 17.1 Å². The van der Waals surface area contributed by atoms with Crippen LogP contribution in [0.5, 0.6) is 5.75 Å². The topological polar surface area (TPSA) is 43.4 Å². The third-order valence-electron chi connectivity index (χ3n) is 2.97. The molecule has 0 saturated carbocycles. The summed E-state index contributed by atoms with van der Waals surface area (Å²) in [4.78, 5) is 0.121. The summed E-state index contributed by atoms with van der Waals surface area (Å²) in [6.07, 6.45) is -3.37. The lowest BCUT2D eigenvalue weighted by Crippen LogP contribution is -2.10. The summed E-state index contributed by atoms with van der Waals surface area (Å²) in [7, 11) is -3.32. The van der Waals surface area contributed by atoms with Crippen LogP contribution < -0.4 is 4.74 Å². The van der Waals surface area contributed by atoms with Gasteiger partial charge in [-0.1, -0.05) is 18.2 Å². The van der Waals surface area contributed by atoms with Crippen LogP contribution in [0.15, 0.2) is 53.4 Å². The molecular weight excluding hydrogens is 317 g/mol. The highest BCUT2D eigenvalue weighted by molar-refractivity contribution is 7.90. The summed E-state index contributed by atoms with van der Waals surface area (Å²) in [5, 5.41) is 0. The van der Waals surface area contributed by atoms with Crippen molar-refractivity contribution in [2.75, 3.05) is 6.26 Å². The van der Waals surface area contributed by atoms with Crippen molar-refractivity contribution in [3.63, 3.8) is 0 Å². The maximum Gasteiger partial charge on any atom is 0.416 e. The van der Waals surface area contributed by atoms with E-state index < -0.39 is 21.6 Å². The molecule has 0 unspecified atom stereocenters. The minimum absolute atomic E-state index is 0.0159. The molecule has 0 N–H and O–H groups in total. The van der Waals surface area contributed by atoms with E-state index >= 15 is 0 Å². The first-order chi connectivity index (χ1) is 10.2. The number of hydrogen-bond donors (Lipinski definition) is 0. The lowest BCUT2D eigenvalue weighted by Gasteiger charge is -2.13. The fourth-order valence-electron chi connectivity index (χ4n) is 1.87. The standard InChI is InChI=1S/C15H13F3O3S/c1-22(19,20)13-8-6-12(7-9-13)21-10-11-4-2-3-5-14(11)15(16,17)18/h2-9H,10H2,1H3. The van der Waals surface area contributed by atoms with Crippen LogP contribution in [0.3, 0.4) is 0 Å². The summed E-state index contributed by atoms with van der Waals surface area (Å²) in [5.74, 6) is 0.296. The molecule has 0 aliphatic carbocycles. The Balaban J connectivity index is 2.14. The molecule has 2 rings (SSSR count). The molecule has 0 amide bonds. The second-order valence-corrected chi connectivity index (χ2v) is 6.70. The third-order valence-corrected chi connectivity index (χ3v) is 4.10. The summed E-state index contributed by atoms with van der Waals surface area (Å²) >= 11 is 0. The molecule has 0 radical (unpaired) electrons. The van der Waals surface area contributed by atoms with Gasteiger partial charge in [-0.15, -0.1) is 0 Å². The molecule has 22 heavy (non-hydrogen) atoms. The fourth-order valence-corrected chi connectivity index (χ4v) is 2.50. The van der Waals surface area contributed by atoms with Gasteiger partial charge in [0.15, 0.2) is 9.84 Å². The Morgan fingerprint density at radius 2 is 1.59 bits per heavy atom. The van der Waals surface area contributed by atoms with E-state index in [9.17, 15) is 21.6 Å². The first-order valence-corrected chi connectivity index (χ1v) is 8.15. The van der Waals surface area contributed by atoms with Crippen LogP contribution in [-0.2, 0) is 22.6 Å². The van der Waals surface area contributed by atoms with E-state index in [0.717, 1.165) is 12.3 Å². The number of hydrogen-bond acceptors (Lipinski definition) is 3. The summed E-state index contributed by atoms with van der Waals surface area (Å²) < 4.78 is 66.4. The molecule has 0 heterocycles. The summed E-state index contributed by atoms with van der Waals surface area (Å²) in [6.45, 7) is -0.256. The van der Waals surface area contributed by atoms with E-state index in [1.54, 1.807) is 0 Å². The van der Waals surface area contributed by atoms with Gasteiger partial charge in [-0.3, -0.25) is 0 Å². The van der Waals surface area contributed by atoms with Crippen LogP contribution in [0.2, 0.25) is 0 Å². The lowest BCUT2D eigenvalue weighted by molar-refractivity contribution is -0.138. The van der Waals surface area contributed by atoms with Gasteiger partial charge >= 0.3 is 6.18 Å². The average Bonchev–Trinajstić information content (AvgIpc) is 2.44. The molecule has 0 aromatic heterocycles. The highest BCUT2D eigenvalue weighted by Gasteiger charge is 2.32. The van der Waals surface area contributed by atoms with E-state index in [1.165, 1.54) is 42.5 Å². The molecule has 0 spiro atoms. The number of benzene rings is 2. The summed E-state index contributed by atoms with van der Waals surface area (Å²) in [5.41, 5.74) is -0.732. The minimum atomic E-state index is -4.44. The van der Waals surface area contributed by atoms with E-state index in [1.807, 2.05) is 0 Å². The van der Waals surface area contributed by atoms with Crippen LogP contribution in [0.25, 0.3) is 0 Å². The lowest BCUT2D eigenvalue weighted by atomic mass is 10.1. The van der Waals surface area contributed by atoms with Crippen molar-refractivity contribution in [3.05, 3.63) is 59.7 Å². The van der Waals surface area contributed by atoms with Gasteiger partial charge in [-0.05, 0) is 30.3 Å². The number of sulfone groups is 1. The first kappa shape index (κ1) is 16.4. The van der Waals surface area contributed by atoms with Gasteiger partial charge in [-0.25, -0.2) is 8.42 Å². The molecule has 0 fully saturated rings. The highest BCUT2D eigenvalue weighted by Crippen LogP contribution is 2.32. The number of ether oxygens (including phenoxy) is 1. The van der Waals surface area contributed by atoms with Gasteiger partial charge < -0.3 is 4.74 Å². The Morgan fingerprint density at radius 1 is 1.00 bits per heavy atom. The Bertz CT molecular complexity index is 750. The van der Waals surface area contributed by atoms with Crippen LogP contribution in [0, 0.1) is 0 Å². The molecule has 118 valence electrons. The largest absolute Gasteiger partial charge is 0.489 e. The molecule has 2 aromatic carbocycles. The van der Waals surface area contributed by atoms with E-state index in [4.69, 9.17) is 4.74 Å². The molecule has 7 heteroatoms. The predicted octanol–water partition coefficient (Wildman–Crippen LogP) is 3.69. The van der Waals surface area contributed by atoms with Crippen molar-refractivity contribution in [1.82, 2.24) is 0 Å². The van der Waals surface area contributed by atoms with Gasteiger partial charge in [0.05, 0.1) is 10.5 Å². The van der Waals surface area contributed by atoms with Crippen LogP contribution in [0.1, 0.15) is 11.1 Å². The SMILES string of the molecule is CS(=O)(=O)c1ccc(OCc2ccccc2C(F)(F)F)cc1. The Labute approximate surface area is 126 Å². The molecule has 0 aliphatic rings. The van der Waals surface area contributed by atoms with Crippen LogP contribution >= 0.6 is 0 Å². The molecule has 0 bridgehead atoms. The number of rotatable bonds is 4. The zero-order valence-corrected chi connectivity index (χ0v) is 12.4. The Hall–Kier alpha value is -2.02. The van der Waals surface area contributed by atoms with Gasteiger partial charge in [0.2, 0.25) is 0 Å². The normalized spacial score (nSPS) is 12.2. The average molecular weight is 330 g/mol. The van der Waals surface area contributed by atoms with Crippen molar-refractivity contribution in [1.29, 1.82) is 0 Å². The van der Waals surface area contributed by atoms with Crippen LogP contribution in [0.4, 0.5) is 13.2 Å². The maximum atomic E-state index is 12.8. The zero-order valence-electron chi connectivity index (χ0n) is 11.6. The van der Waals surface area contributed by atoms with Crippen LogP contribution in [-0.4, -0.2) is 14.7 Å². The quantitative estimate of drug-likeness (QED) is 0.859. The molecule has 2 aromatic rings. The summed E-state index contributed by atoms with van der Waals surface area (Å²) in [6, 6.07) is 10.7. The molecule has 0 aliphatic heterocycles. The maximum absolute atomic E-state index is 12.8. The first-order valence-electron chi connectivity index (χ1n) is 6.26. The van der Waals surface area contributed by atoms with Crippen molar-refractivity contribution < 1.29 is 26.3 Å². The molecule has 3 nitrogen and oxygen atoms in total. The van der Waals surface area contributed by atoms with Gasteiger partial charge in [0, 0.05) is 11.8 Å². The van der Waals surface area contributed by atoms with Gasteiger partial charge in [0.1, 0.15) is 12.4 Å². The van der Waals surface area contributed by atoms with Crippen molar-refractivity contribution in [3.8, 4) is 5.75 Å². The Morgan fingerprint density at radius 3 is 2.14 bits per heavy atom. The van der Waals surface area contributed by atoms with E-state index in [0.29, 0.717) is 5.75 Å². The van der Waals surface area contributed by atoms with E-state index in [2.05, 4.69) is 0 Å². The third kappa shape index (κ3) is 4.00. The molecule has 0 atom stereocenters. The Kier molecular flexibility index (Phi) is 4.46. The molecule has 0 saturated heterocycles. The van der Waals surface area contributed by atoms with Crippen molar-refractivity contribution >= 4 is 9.84 Å². The highest BCUT2D eigenvalue weighted by atomic mass is 32.2. The van der Waals surface area contributed by atoms with Crippen molar-refractivity contribution in [2.45, 2.75) is 17.7 Å². The number of alkyl halides is 3. The number of halogens is 3. The second kappa shape index (κ2) is 6.00. The smallest absolute Gasteiger partial charge is 0.416 e. The van der Waals surface area contributed by atoms with Crippen molar-refractivity contribution in [2.24, 2.45) is 0 Å². The minimum Gasteiger partial charge on any atom is -0.489 e. The monoisotopic (exact) mass is 330 g/mol. The predicted molar refractivity (Wildman–Crippen MR) is 75.3 cm³/mol. The fraction of sp³-hybridized carbons (Fsp3) is 0.200. The second-order valence-electron chi connectivity index (χ2n) is 4.69. The zero-order chi connectivity index (χ0) is 16.4. The van der Waals surface area contributed by atoms with Gasteiger partial charge in [0.25, 0.3) is 0 Å². The van der Waals surface area contributed by atoms with Gasteiger partial charge in [-0.2, -0.15) is 13.2 Å².